The summed E-state index contributed by atoms with van der Waals surface area (Å²) < 4.78 is 14.0. The van der Waals surface area contributed by atoms with E-state index in [4.69, 9.17) is 5.84 Å². The molecule has 1 fully saturated rings. The zero-order chi connectivity index (χ0) is 15.0. The van der Waals surface area contributed by atoms with Gasteiger partial charge in [0.05, 0.1) is 4.47 Å². The van der Waals surface area contributed by atoms with Crippen LogP contribution in [0, 0.1) is 12.7 Å². The molecule has 21 heavy (non-hydrogen) atoms. The second-order valence-electron chi connectivity index (χ2n) is 5.08. The van der Waals surface area contributed by atoms with Gasteiger partial charge < -0.3 is 10.7 Å². The summed E-state index contributed by atoms with van der Waals surface area (Å²) in [7, 11) is 0. The Morgan fingerprint density at radius 1 is 1.29 bits per heavy atom. The third-order valence-corrected chi connectivity index (χ3v) is 4.07. The first-order valence-electron chi connectivity index (χ1n) is 6.65. The topological polar surface area (TPSA) is 75.9 Å². The Kier molecular flexibility index (Phi) is 3.77. The third-order valence-electron chi connectivity index (χ3n) is 3.42. The molecule has 0 saturated heterocycles. The highest BCUT2D eigenvalue weighted by atomic mass is 79.9. The molecule has 0 bridgehead atoms. The predicted molar refractivity (Wildman–Crippen MR) is 83.9 cm³/mol. The minimum absolute atomic E-state index is 0.328. The number of aromatic nitrogens is 2. The van der Waals surface area contributed by atoms with Gasteiger partial charge in [0, 0.05) is 17.2 Å². The van der Waals surface area contributed by atoms with Gasteiger partial charge in [0.2, 0.25) is 0 Å². The van der Waals surface area contributed by atoms with Crippen molar-refractivity contribution < 1.29 is 4.39 Å². The molecule has 2 aromatic rings. The lowest BCUT2D eigenvalue weighted by Gasteiger charge is -2.13. The van der Waals surface area contributed by atoms with Crippen LogP contribution in [-0.4, -0.2) is 9.97 Å². The maximum absolute atomic E-state index is 13.6. The Hall–Kier alpha value is -1.73. The van der Waals surface area contributed by atoms with Gasteiger partial charge in [-0.25, -0.2) is 20.2 Å². The quantitative estimate of drug-likeness (QED) is 0.579. The standard InChI is InChI=1S/C14H15BrFN5/c1-7-12(18-9-4-5-10(15)11(16)6-9)19-14(8-2-3-8)20-13(7)21-17/h4-6,8H,2-3,17H2,1H3,(H2,18,19,20,21). The van der Waals surface area contributed by atoms with Gasteiger partial charge in [-0.15, -0.1) is 0 Å². The number of benzene rings is 1. The Balaban J connectivity index is 1.96. The van der Waals surface area contributed by atoms with Crippen LogP contribution >= 0.6 is 15.9 Å². The molecule has 4 N–H and O–H groups in total. The van der Waals surface area contributed by atoms with Crippen LogP contribution in [0.2, 0.25) is 0 Å². The maximum atomic E-state index is 13.6. The summed E-state index contributed by atoms with van der Waals surface area (Å²) in [5.74, 6) is 7.59. The molecule has 1 aliphatic carbocycles. The van der Waals surface area contributed by atoms with E-state index in [2.05, 4.69) is 36.6 Å². The van der Waals surface area contributed by atoms with Crippen LogP contribution in [-0.2, 0) is 0 Å². The molecule has 1 aliphatic rings. The van der Waals surface area contributed by atoms with Gasteiger partial charge in [0.1, 0.15) is 23.3 Å². The molecule has 5 nitrogen and oxygen atoms in total. The van der Waals surface area contributed by atoms with E-state index in [9.17, 15) is 4.39 Å². The lowest BCUT2D eigenvalue weighted by atomic mass is 10.2. The molecule has 0 atom stereocenters. The average Bonchev–Trinajstić information content (AvgIpc) is 3.29. The summed E-state index contributed by atoms with van der Waals surface area (Å²) in [6.07, 6.45) is 2.19. The van der Waals surface area contributed by atoms with Crippen molar-refractivity contribution in [2.24, 2.45) is 5.84 Å². The molecule has 110 valence electrons. The zero-order valence-corrected chi connectivity index (χ0v) is 13.0. The zero-order valence-electron chi connectivity index (χ0n) is 11.5. The van der Waals surface area contributed by atoms with Crippen molar-refractivity contribution in [3.05, 3.63) is 39.9 Å². The monoisotopic (exact) mass is 351 g/mol. The summed E-state index contributed by atoms with van der Waals surface area (Å²) in [5.41, 5.74) is 4.02. The summed E-state index contributed by atoms with van der Waals surface area (Å²) in [4.78, 5) is 8.96. The van der Waals surface area contributed by atoms with Crippen LogP contribution in [0.5, 0.6) is 0 Å². The van der Waals surface area contributed by atoms with Gasteiger partial charge in [-0.1, -0.05) is 0 Å². The first-order valence-corrected chi connectivity index (χ1v) is 7.45. The number of hydrogen-bond donors (Lipinski definition) is 3. The van der Waals surface area contributed by atoms with Crippen molar-refractivity contribution in [2.75, 3.05) is 10.7 Å². The molecule has 0 amide bonds. The molecular weight excluding hydrogens is 337 g/mol. The third kappa shape index (κ3) is 2.98. The van der Waals surface area contributed by atoms with Gasteiger partial charge in [-0.3, -0.25) is 0 Å². The van der Waals surface area contributed by atoms with E-state index < -0.39 is 0 Å². The lowest BCUT2D eigenvalue weighted by Crippen LogP contribution is -2.13. The van der Waals surface area contributed by atoms with E-state index >= 15 is 0 Å². The van der Waals surface area contributed by atoms with Gasteiger partial charge in [0.15, 0.2) is 0 Å². The van der Waals surface area contributed by atoms with Crippen LogP contribution in [0.25, 0.3) is 0 Å². The van der Waals surface area contributed by atoms with Gasteiger partial charge in [0.25, 0.3) is 0 Å². The van der Waals surface area contributed by atoms with Crippen LogP contribution in [0.1, 0.15) is 30.1 Å². The highest BCUT2D eigenvalue weighted by molar-refractivity contribution is 9.10. The second kappa shape index (κ2) is 5.57. The Morgan fingerprint density at radius 2 is 2.00 bits per heavy atom. The first kappa shape index (κ1) is 14.2. The normalized spacial score (nSPS) is 14.1. The summed E-state index contributed by atoms with van der Waals surface area (Å²) >= 11 is 3.14. The molecule has 0 unspecified atom stereocenters. The molecule has 1 aromatic carbocycles. The highest BCUT2D eigenvalue weighted by Gasteiger charge is 2.28. The average molecular weight is 352 g/mol. The van der Waals surface area contributed by atoms with Crippen LogP contribution < -0.4 is 16.6 Å². The maximum Gasteiger partial charge on any atom is 0.148 e. The minimum atomic E-state index is -0.328. The van der Waals surface area contributed by atoms with Crippen molar-refractivity contribution in [2.45, 2.75) is 25.7 Å². The number of anilines is 3. The molecule has 0 aliphatic heterocycles. The van der Waals surface area contributed by atoms with E-state index in [-0.39, 0.29) is 5.82 Å². The van der Waals surface area contributed by atoms with Crippen molar-refractivity contribution in [1.82, 2.24) is 9.97 Å². The lowest BCUT2D eigenvalue weighted by molar-refractivity contribution is 0.622. The van der Waals surface area contributed by atoms with Crippen LogP contribution in [0.3, 0.4) is 0 Å². The minimum Gasteiger partial charge on any atom is -0.340 e. The number of nitrogens with two attached hydrogens (primary N) is 1. The van der Waals surface area contributed by atoms with Gasteiger partial charge in [-0.05, 0) is 53.9 Å². The van der Waals surface area contributed by atoms with Gasteiger partial charge >= 0.3 is 0 Å². The molecular formula is C14H15BrFN5. The fourth-order valence-electron chi connectivity index (χ4n) is 2.03. The first-order chi connectivity index (χ1) is 10.1. The largest absolute Gasteiger partial charge is 0.340 e. The number of rotatable bonds is 4. The van der Waals surface area contributed by atoms with Crippen LogP contribution in [0.4, 0.5) is 21.7 Å². The smallest absolute Gasteiger partial charge is 0.148 e. The Bertz CT molecular complexity index is 687. The van der Waals surface area contributed by atoms with Crippen LogP contribution in [0.15, 0.2) is 22.7 Å². The van der Waals surface area contributed by atoms with Crippen molar-refractivity contribution >= 4 is 33.3 Å². The predicted octanol–water partition coefficient (Wildman–Crippen LogP) is 3.59. The molecule has 1 heterocycles. The van der Waals surface area contributed by atoms with Crippen molar-refractivity contribution in [3.8, 4) is 0 Å². The van der Waals surface area contributed by atoms with Crippen molar-refractivity contribution in [1.29, 1.82) is 0 Å². The molecule has 1 aromatic heterocycles. The van der Waals surface area contributed by atoms with E-state index in [0.29, 0.717) is 27.7 Å². The fourth-order valence-corrected chi connectivity index (χ4v) is 2.28. The molecule has 3 rings (SSSR count). The Labute approximate surface area is 130 Å². The molecule has 0 radical (unpaired) electrons. The van der Waals surface area contributed by atoms with E-state index in [1.807, 2.05) is 6.92 Å². The molecule has 7 heteroatoms. The summed E-state index contributed by atoms with van der Waals surface area (Å²) in [6.45, 7) is 1.86. The SMILES string of the molecule is Cc1c(NN)nc(C2CC2)nc1Nc1ccc(Br)c(F)c1. The van der Waals surface area contributed by atoms with E-state index in [1.165, 1.54) is 6.07 Å². The number of nitrogens with one attached hydrogen (secondary N) is 2. The number of halogens is 2. The number of hydrazine groups is 1. The van der Waals surface area contributed by atoms with E-state index in [1.54, 1.807) is 12.1 Å². The Morgan fingerprint density at radius 3 is 2.62 bits per heavy atom. The molecule has 1 saturated carbocycles. The summed E-state index contributed by atoms with van der Waals surface area (Å²) in [5, 5.41) is 3.13. The van der Waals surface area contributed by atoms with Crippen molar-refractivity contribution in [3.63, 3.8) is 0 Å². The fraction of sp³-hybridized carbons (Fsp3) is 0.286. The molecule has 0 spiro atoms. The second-order valence-corrected chi connectivity index (χ2v) is 5.93. The van der Waals surface area contributed by atoms with E-state index in [0.717, 1.165) is 24.2 Å². The number of hydrogen-bond acceptors (Lipinski definition) is 5. The highest BCUT2D eigenvalue weighted by Crippen LogP contribution is 2.39. The number of nitrogens with zero attached hydrogens (tertiary/aromatic N) is 2. The van der Waals surface area contributed by atoms with Gasteiger partial charge in [-0.2, -0.15) is 0 Å². The summed E-state index contributed by atoms with van der Waals surface area (Å²) in [6, 6.07) is 4.84. The number of nitrogen functional groups attached to an aromatic ring is 1.